The number of cyclic esters (lactones) is 1. The van der Waals surface area contributed by atoms with Crippen molar-refractivity contribution in [3.63, 3.8) is 0 Å². The van der Waals surface area contributed by atoms with Crippen molar-refractivity contribution < 1.29 is 128 Å². The fraction of sp³-hybridized carbons (Fsp3) is 0.646. The van der Waals surface area contributed by atoms with E-state index in [1.807, 2.05) is 76.3 Å². The number of methoxy groups -OCH3 is 4. The second-order valence-corrected chi connectivity index (χ2v) is 35.8. The fourth-order valence-corrected chi connectivity index (χ4v) is 18.2. The summed E-state index contributed by atoms with van der Waals surface area (Å²) in [5.41, 5.74) is 2.75. The first-order valence-electron chi connectivity index (χ1n) is 47.3. The normalized spacial score (nSPS) is 26.9. The van der Waals surface area contributed by atoms with Crippen LogP contribution in [0.4, 0.5) is 23.7 Å². The summed E-state index contributed by atoms with van der Waals surface area (Å²) in [5.74, 6) is -7.75. The molecule has 4 fully saturated rings. The number of carbonyl (C=O) groups is 6. The summed E-state index contributed by atoms with van der Waals surface area (Å²) in [6.07, 6.45) is 7.23. The molecule has 4 aliphatic heterocycles. The maximum atomic E-state index is 15.0. The number of anilines is 1. The van der Waals surface area contributed by atoms with Crippen molar-refractivity contribution in [2.24, 2.45) is 42.6 Å². The van der Waals surface area contributed by atoms with Gasteiger partial charge in [-0.2, -0.15) is 13.2 Å². The van der Waals surface area contributed by atoms with Gasteiger partial charge in [-0.05, 0) is 149 Å². The molecule has 135 heavy (non-hydrogen) atoms. The van der Waals surface area contributed by atoms with Crippen LogP contribution >= 0.6 is 0 Å². The molecule has 1 saturated carbocycles. The summed E-state index contributed by atoms with van der Waals surface area (Å²) in [5, 5.41) is 39.2. The number of hydrogen-bond donors (Lipinski definition) is 4. The quantitative estimate of drug-likeness (QED) is 0.0123. The molecule has 33 nitrogen and oxygen atoms in total. The Labute approximate surface area is 788 Å². The monoisotopic (exact) mass is 1900 g/mol. The molecule has 5 aliphatic rings. The minimum absolute atomic E-state index is 0.00699. The van der Waals surface area contributed by atoms with E-state index in [1.165, 1.54) is 46.6 Å². The third kappa shape index (κ3) is 30.8. The first kappa shape index (κ1) is 108. The number of pyridine rings is 2. The molecule has 16 atom stereocenters. The highest BCUT2D eigenvalue weighted by Gasteiger charge is 2.54. The number of halogens is 3. The van der Waals surface area contributed by atoms with Crippen LogP contribution in [-0.2, 0) is 104 Å². The van der Waals surface area contributed by atoms with Crippen molar-refractivity contribution >= 4 is 63.1 Å². The molecule has 0 spiro atoms. The Hall–Kier alpha value is -8.96. The molecule has 2 aromatic carbocycles. The summed E-state index contributed by atoms with van der Waals surface area (Å²) in [7, 11) is 7.57. The van der Waals surface area contributed by atoms with Gasteiger partial charge in [-0.25, -0.2) is 19.4 Å². The number of amides is 3. The zero-order valence-corrected chi connectivity index (χ0v) is 80.2. The van der Waals surface area contributed by atoms with E-state index >= 15 is 13.2 Å². The van der Waals surface area contributed by atoms with Gasteiger partial charge in [-0.15, -0.1) is 0 Å². The molecule has 7 heterocycles. The van der Waals surface area contributed by atoms with Gasteiger partial charge in [0.15, 0.2) is 5.78 Å². The van der Waals surface area contributed by atoms with Gasteiger partial charge in [0.1, 0.15) is 30.5 Å². The number of allylic oxidation sites excluding steroid dienone is 5. The summed E-state index contributed by atoms with van der Waals surface area (Å²) in [6, 6.07) is 11.8. The lowest BCUT2D eigenvalue weighted by Gasteiger charge is -2.43. The maximum absolute atomic E-state index is 15.0. The Morgan fingerprint density at radius 2 is 1.30 bits per heavy atom. The van der Waals surface area contributed by atoms with Crippen molar-refractivity contribution in [1.82, 2.24) is 34.2 Å². The molecule has 0 radical (unpaired) electrons. The van der Waals surface area contributed by atoms with Gasteiger partial charge in [-0.3, -0.25) is 33.3 Å². The summed E-state index contributed by atoms with van der Waals surface area (Å²) < 4.78 is 134. The minimum Gasteiger partial charge on any atom is -0.481 e. The van der Waals surface area contributed by atoms with Crippen LogP contribution in [0, 0.1) is 35.5 Å². The molecule has 2 bridgehead atoms. The number of aromatic nitrogens is 4. The highest BCUT2D eigenvalue weighted by molar-refractivity contribution is 6.39. The molecule has 748 valence electrons. The van der Waals surface area contributed by atoms with Crippen molar-refractivity contribution in [2.45, 2.75) is 199 Å². The van der Waals surface area contributed by atoms with Crippen LogP contribution in [0.1, 0.15) is 138 Å². The van der Waals surface area contributed by atoms with Gasteiger partial charge in [0.2, 0.25) is 17.6 Å². The lowest BCUT2D eigenvalue weighted by molar-refractivity contribution is -0.265. The van der Waals surface area contributed by atoms with Gasteiger partial charge in [0.05, 0.1) is 178 Å². The lowest BCUT2D eigenvalue weighted by atomic mass is 9.78. The molecule has 3 amide bonds. The van der Waals surface area contributed by atoms with Gasteiger partial charge >= 0.3 is 23.9 Å². The number of imidazole rings is 1. The van der Waals surface area contributed by atoms with Crippen LogP contribution in [0.5, 0.6) is 5.88 Å². The number of nitrogens with one attached hydrogen (secondary N) is 1. The molecule has 10 rings (SSSR count). The molecule has 3 aromatic heterocycles. The number of benzene rings is 2. The molecular formula is C99H141F3N8O25. The lowest BCUT2D eigenvalue weighted by Crippen LogP contribution is -2.61. The number of esters is 1. The number of aliphatic hydroxyl groups is 3. The van der Waals surface area contributed by atoms with Crippen LogP contribution in [0.15, 0.2) is 113 Å². The van der Waals surface area contributed by atoms with Crippen molar-refractivity contribution in [1.29, 1.82) is 0 Å². The van der Waals surface area contributed by atoms with Crippen molar-refractivity contribution in [3.05, 3.63) is 125 Å². The Balaban J connectivity index is 0.554. The maximum Gasteiger partial charge on any atom is 0.418 e. The molecule has 4 N–H and O–H groups in total. The number of nitrogens with zero attached hydrogens (tertiary/aromatic N) is 7. The largest absolute Gasteiger partial charge is 0.481 e. The molecule has 0 unspecified atom stereocenters. The predicted molar refractivity (Wildman–Crippen MR) is 497 cm³/mol. The minimum atomic E-state index is -4.77. The molecule has 1 aliphatic carbocycles. The van der Waals surface area contributed by atoms with Crippen LogP contribution in [0.3, 0.4) is 0 Å². The van der Waals surface area contributed by atoms with E-state index in [0.29, 0.717) is 164 Å². The second kappa shape index (κ2) is 53.8. The predicted octanol–water partition coefficient (Wildman–Crippen LogP) is 10.9. The number of alkyl carbamates (subject to hydrolysis) is 1. The number of piperazine rings is 1. The fourth-order valence-electron chi connectivity index (χ4n) is 18.2. The molecule has 5 aromatic rings. The average Bonchev–Trinajstić information content (AvgIpc) is 1.58. The van der Waals surface area contributed by atoms with E-state index in [1.54, 1.807) is 76.2 Å². The topological polar surface area (TPSA) is 376 Å². The highest BCUT2D eigenvalue weighted by atomic mass is 19.4. The number of aryl methyl sites for hydroxylation is 1. The van der Waals surface area contributed by atoms with E-state index in [2.05, 4.69) is 15.3 Å². The first-order chi connectivity index (χ1) is 64.9. The summed E-state index contributed by atoms with van der Waals surface area (Å²) >= 11 is 0. The highest BCUT2D eigenvalue weighted by Crippen LogP contribution is 2.42. The van der Waals surface area contributed by atoms with E-state index in [-0.39, 0.29) is 133 Å². The standard InChI is InChI=1S/C99H141F3N8O25/c1-64-18-14-13-15-19-65(2)84(121-9)60-75-26-21-70(7)98(120,135-75)93(115)94(116)109-33-17-16-20-80(109)95(117)133-85(61-82(111)66(3)55-69(6)91(114)92(124-12)90(113)68(5)54-64)67(4)56-71-22-29-83(86(57-71)122-10)134-96(118)103-32-39-126-41-43-128-45-47-130-49-51-132-53-52-131-50-48-129-46-44-127-42-40-125-38-31-88(112)108-36-34-107(35-37-108)79-28-25-74(59-77(79)99(100,101)102)110-89-76-58-72(73-24-30-87(123-11)105-62-73)23-27-78(76)104-63-81(89)106(8)97(110)119/h13-15,18-19,23-25,27-28,30,55,58-59,62-64,66-68,70-71,75,80,82-86,91-92,111,114,120H,16-17,20-22,26,29,31-54,56-57,60-61H2,1-12H3,(H,103,118)/b15-13+,18-14+,65-19+,69-55+/t64-,66-,67-,68-,70-,71+,75+,80+,82-,83-,84+,85+,86-,91-,92+,98-/m1/s1. The summed E-state index contributed by atoms with van der Waals surface area (Å²) in [6.45, 7) is 18.7. The average molecular weight is 1900 g/mol. The zero-order chi connectivity index (χ0) is 97.3. The van der Waals surface area contributed by atoms with Gasteiger partial charge in [0.25, 0.3) is 11.7 Å². The van der Waals surface area contributed by atoms with E-state index in [4.69, 9.17) is 71.1 Å². The number of aliphatic hydroxyl groups excluding tert-OH is 2. The van der Waals surface area contributed by atoms with Crippen molar-refractivity contribution in [3.8, 4) is 22.7 Å². The Bertz CT molecular complexity index is 4810. The van der Waals surface area contributed by atoms with E-state index < -0.39 is 126 Å². The zero-order valence-electron chi connectivity index (χ0n) is 80.2. The van der Waals surface area contributed by atoms with Crippen LogP contribution < -0.4 is 20.6 Å². The molecular weight excluding hydrogens is 1760 g/mol. The SMILES string of the molecule is COc1ccc(-c2ccc3ncc4c(c3c2)n(-c2ccc(N3CCN(C(=O)CCOCCOCCOCCOCCOCCOCCOCCOCCNC(=O)O[C@@H]5CC[C@@H](C[C@@H](C)[C@@H]6C[C@@H](O)[C@H](C)/C=C(\C)[C@@H](O)[C@@H](OC)C(=O)[C@H](C)C[C@H](C)/C=C/C=C/C=C(\C)[C@@H](OC)C[C@@H]7CC[C@@H](C)[C@@](O)(O7)C(=O)C(=O)N7CCCC[C@H]7C(=O)O6)C[C@H]5OC)CC3)c(C(F)(F)F)c2)c(=O)n4C)cn1. The Kier molecular flexibility index (Phi) is 43.1. The Morgan fingerprint density at radius 1 is 0.659 bits per heavy atom. The number of ketones is 2. The number of alkyl halides is 3. The molecule has 3 saturated heterocycles. The third-order valence-electron chi connectivity index (χ3n) is 26.2. The van der Waals surface area contributed by atoms with Gasteiger partial charge < -0.3 is 106 Å². The molecule has 36 heteroatoms. The first-order valence-corrected chi connectivity index (χ1v) is 47.3. The number of carbonyl (C=O) groups excluding carboxylic acids is 6. The van der Waals surface area contributed by atoms with Crippen LogP contribution in [0.25, 0.3) is 38.8 Å². The van der Waals surface area contributed by atoms with Crippen LogP contribution in [-0.4, -0.2) is 314 Å². The van der Waals surface area contributed by atoms with Crippen LogP contribution in [0.2, 0.25) is 0 Å². The summed E-state index contributed by atoms with van der Waals surface area (Å²) in [4.78, 5) is 111. The smallest absolute Gasteiger partial charge is 0.418 e. The van der Waals surface area contributed by atoms with E-state index in [9.17, 15) is 48.9 Å². The van der Waals surface area contributed by atoms with Gasteiger partial charge in [0, 0.05) is 127 Å². The Morgan fingerprint density at radius 3 is 1.92 bits per heavy atom. The number of Topliss-reactive ketones (excluding diaryl/α,β-unsaturated/α-hetero) is 2. The number of ether oxygens (including phenoxy) is 15. The number of fused-ring (bicyclic) bond motifs is 6. The van der Waals surface area contributed by atoms with Gasteiger partial charge in [-0.1, -0.05) is 77.1 Å². The number of rotatable bonds is 38. The number of hydrogen-bond acceptors (Lipinski definition) is 28. The second-order valence-electron chi connectivity index (χ2n) is 35.8. The third-order valence-corrected chi connectivity index (χ3v) is 26.2. The van der Waals surface area contributed by atoms with Crippen molar-refractivity contribution in [2.75, 3.05) is 178 Å². The van der Waals surface area contributed by atoms with E-state index in [0.717, 1.165) is 22.8 Å². The number of piperidine rings is 1.